The molecule has 2 heteroatoms. The first-order valence-electron chi connectivity index (χ1n) is 6.22. The predicted molar refractivity (Wildman–Crippen MR) is 75.2 cm³/mol. The standard InChI is InChI=1S/C16H17NO/c1-12(2)13-8-10-14(11-9-13)16(18)17-15-6-4-3-5-7-15/h3-6,8-12H,7H2,1-2H3. The molecule has 2 rings (SSSR count). The van der Waals surface area contributed by atoms with E-state index in [4.69, 9.17) is 0 Å². The maximum Gasteiger partial charge on any atom is 0.277 e. The van der Waals surface area contributed by atoms with Gasteiger partial charge in [0, 0.05) is 17.7 Å². The van der Waals surface area contributed by atoms with Gasteiger partial charge in [0.2, 0.25) is 0 Å². The Kier molecular flexibility index (Phi) is 3.88. The zero-order valence-electron chi connectivity index (χ0n) is 10.8. The smallest absolute Gasteiger partial charge is 0.267 e. The van der Waals surface area contributed by atoms with Gasteiger partial charge < -0.3 is 0 Å². The molecule has 0 atom stereocenters. The van der Waals surface area contributed by atoms with E-state index in [2.05, 4.69) is 18.8 Å². The number of benzene rings is 1. The van der Waals surface area contributed by atoms with Crippen molar-refractivity contribution in [2.45, 2.75) is 26.2 Å². The summed E-state index contributed by atoms with van der Waals surface area (Å²) in [5.74, 6) is 0.312. The lowest BCUT2D eigenvalue weighted by molar-refractivity contribution is 0.100. The molecule has 1 aliphatic carbocycles. The molecule has 18 heavy (non-hydrogen) atoms. The van der Waals surface area contributed by atoms with Gasteiger partial charge in [0.1, 0.15) is 0 Å². The molecule has 0 saturated carbocycles. The van der Waals surface area contributed by atoms with Gasteiger partial charge in [-0.25, -0.2) is 4.99 Å². The van der Waals surface area contributed by atoms with E-state index in [-0.39, 0.29) is 5.91 Å². The van der Waals surface area contributed by atoms with Gasteiger partial charge in [-0.3, -0.25) is 4.79 Å². The fraction of sp³-hybridized carbons (Fsp3) is 0.250. The normalized spacial score (nSPS) is 16.5. The van der Waals surface area contributed by atoms with Gasteiger partial charge in [0.05, 0.1) is 0 Å². The van der Waals surface area contributed by atoms with Crippen LogP contribution in [0.4, 0.5) is 0 Å². The fourth-order valence-electron chi connectivity index (χ4n) is 1.79. The summed E-state index contributed by atoms with van der Waals surface area (Å²) in [6.07, 6.45) is 8.46. The molecule has 2 nitrogen and oxygen atoms in total. The van der Waals surface area contributed by atoms with Crippen molar-refractivity contribution in [2.75, 3.05) is 0 Å². The molecule has 0 N–H and O–H groups in total. The van der Waals surface area contributed by atoms with Crippen LogP contribution in [0, 0.1) is 0 Å². The van der Waals surface area contributed by atoms with Crippen LogP contribution in [0.15, 0.2) is 53.6 Å². The van der Waals surface area contributed by atoms with E-state index in [1.165, 1.54) is 5.56 Å². The van der Waals surface area contributed by atoms with Crippen LogP contribution >= 0.6 is 0 Å². The second-order valence-electron chi connectivity index (χ2n) is 4.68. The first-order chi connectivity index (χ1) is 8.66. The fourth-order valence-corrected chi connectivity index (χ4v) is 1.79. The molecule has 0 unspecified atom stereocenters. The monoisotopic (exact) mass is 239 g/mol. The number of rotatable bonds is 2. The molecular weight excluding hydrogens is 222 g/mol. The summed E-state index contributed by atoms with van der Waals surface area (Å²) in [7, 11) is 0. The second-order valence-corrected chi connectivity index (χ2v) is 4.68. The van der Waals surface area contributed by atoms with Gasteiger partial charge in [-0.1, -0.05) is 44.2 Å². The van der Waals surface area contributed by atoms with Crippen LogP contribution in [-0.2, 0) is 0 Å². The largest absolute Gasteiger partial charge is 0.277 e. The number of hydrogen-bond acceptors (Lipinski definition) is 1. The molecule has 1 aromatic carbocycles. The minimum atomic E-state index is -0.166. The van der Waals surface area contributed by atoms with Crippen molar-refractivity contribution >= 4 is 11.6 Å². The molecule has 0 saturated heterocycles. The molecule has 92 valence electrons. The quantitative estimate of drug-likeness (QED) is 0.769. The highest BCUT2D eigenvalue weighted by Gasteiger charge is 2.06. The zero-order valence-corrected chi connectivity index (χ0v) is 10.8. The number of allylic oxidation sites excluding steroid dienone is 4. The summed E-state index contributed by atoms with van der Waals surface area (Å²) >= 11 is 0. The van der Waals surface area contributed by atoms with Gasteiger partial charge in [0.25, 0.3) is 5.91 Å². The number of carbonyl (C=O) groups is 1. The van der Waals surface area contributed by atoms with Crippen LogP contribution in [0.5, 0.6) is 0 Å². The van der Waals surface area contributed by atoms with Crippen LogP contribution in [0.25, 0.3) is 0 Å². The Hall–Kier alpha value is -1.96. The maximum absolute atomic E-state index is 11.9. The Balaban J connectivity index is 2.14. The third kappa shape index (κ3) is 3.04. The topological polar surface area (TPSA) is 29.4 Å². The Morgan fingerprint density at radius 3 is 2.44 bits per heavy atom. The molecule has 0 fully saturated rings. The van der Waals surface area contributed by atoms with Crippen LogP contribution in [0.3, 0.4) is 0 Å². The van der Waals surface area contributed by atoms with Crippen LogP contribution < -0.4 is 0 Å². The Labute approximate surface area is 108 Å². The summed E-state index contributed by atoms with van der Waals surface area (Å²) in [5.41, 5.74) is 2.70. The van der Waals surface area contributed by atoms with Crippen molar-refractivity contribution in [1.29, 1.82) is 0 Å². The molecule has 0 radical (unpaired) electrons. The summed E-state index contributed by atoms with van der Waals surface area (Å²) in [6.45, 7) is 4.27. The lowest BCUT2D eigenvalue weighted by Crippen LogP contribution is -2.02. The number of nitrogens with zero attached hydrogens (tertiary/aromatic N) is 1. The number of hydrogen-bond donors (Lipinski definition) is 0. The minimum Gasteiger partial charge on any atom is -0.267 e. The second kappa shape index (κ2) is 5.58. The Morgan fingerprint density at radius 1 is 1.17 bits per heavy atom. The SMILES string of the molecule is CC(C)c1ccc(C(=O)N=C2C=CC=CC2)cc1. The molecule has 1 amide bonds. The number of amides is 1. The van der Waals surface area contributed by atoms with E-state index < -0.39 is 0 Å². The molecule has 1 aromatic rings. The van der Waals surface area contributed by atoms with Gasteiger partial charge in [0.15, 0.2) is 0 Å². The summed E-state index contributed by atoms with van der Waals surface area (Å²) in [5, 5.41) is 0. The van der Waals surface area contributed by atoms with Crippen molar-refractivity contribution in [2.24, 2.45) is 4.99 Å². The third-order valence-electron chi connectivity index (χ3n) is 2.93. The van der Waals surface area contributed by atoms with Gasteiger partial charge in [-0.05, 0) is 29.7 Å². The van der Waals surface area contributed by atoms with Crippen molar-refractivity contribution < 1.29 is 4.79 Å². The summed E-state index contributed by atoms with van der Waals surface area (Å²) in [6, 6.07) is 7.69. The molecule has 0 aromatic heterocycles. The molecular formula is C16H17NO. The first-order valence-corrected chi connectivity index (χ1v) is 6.22. The van der Waals surface area contributed by atoms with E-state index >= 15 is 0 Å². The van der Waals surface area contributed by atoms with E-state index in [0.29, 0.717) is 11.5 Å². The van der Waals surface area contributed by atoms with Crippen molar-refractivity contribution in [3.8, 4) is 0 Å². The molecule has 1 aliphatic rings. The molecule has 0 aliphatic heterocycles. The highest BCUT2D eigenvalue weighted by atomic mass is 16.1. The summed E-state index contributed by atoms with van der Waals surface area (Å²) < 4.78 is 0. The highest BCUT2D eigenvalue weighted by Crippen LogP contribution is 2.15. The number of carbonyl (C=O) groups excluding carboxylic acids is 1. The minimum absolute atomic E-state index is 0.166. The first kappa shape index (κ1) is 12.5. The van der Waals surface area contributed by atoms with Gasteiger partial charge in [-0.2, -0.15) is 0 Å². The Bertz CT molecular complexity index is 519. The van der Waals surface area contributed by atoms with E-state index in [9.17, 15) is 4.79 Å². The lowest BCUT2D eigenvalue weighted by Gasteiger charge is -2.05. The lowest BCUT2D eigenvalue weighted by atomic mass is 10.0. The van der Waals surface area contributed by atoms with E-state index in [0.717, 1.165) is 12.1 Å². The maximum atomic E-state index is 11.9. The van der Waals surface area contributed by atoms with Crippen molar-refractivity contribution in [3.63, 3.8) is 0 Å². The Morgan fingerprint density at radius 2 is 1.89 bits per heavy atom. The molecule has 0 spiro atoms. The van der Waals surface area contributed by atoms with Crippen LogP contribution in [-0.4, -0.2) is 11.6 Å². The summed E-state index contributed by atoms with van der Waals surface area (Å²) in [4.78, 5) is 16.1. The van der Waals surface area contributed by atoms with E-state index in [1.807, 2.05) is 48.6 Å². The third-order valence-corrected chi connectivity index (χ3v) is 2.93. The van der Waals surface area contributed by atoms with Crippen LogP contribution in [0.2, 0.25) is 0 Å². The van der Waals surface area contributed by atoms with E-state index in [1.54, 1.807) is 0 Å². The highest BCUT2D eigenvalue weighted by molar-refractivity contribution is 6.08. The molecule has 0 heterocycles. The predicted octanol–water partition coefficient (Wildman–Crippen LogP) is 3.91. The van der Waals surface area contributed by atoms with Crippen molar-refractivity contribution in [1.82, 2.24) is 0 Å². The zero-order chi connectivity index (χ0) is 13.0. The van der Waals surface area contributed by atoms with Crippen molar-refractivity contribution in [3.05, 3.63) is 59.7 Å². The number of aliphatic imine (C=N–C) groups is 1. The van der Waals surface area contributed by atoms with Gasteiger partial charge >= 0.3 is 0 Å². The average molecular weight is 239 g/mol. The van der Waals surface area contributed by atoms with Crippen LogP contribution in [0.1, 0.15) is 42.1 Å². The van der Waals surface area contributed by atoms with Gasteiger partial charge in [-0.15, -0.1) is 0 Å². The molecule has 0 bridgehead atoms. The average Bonchev–Trinajstić information content (AvgIpc) is 2.40.